The van der Waals surface area contributed by atoms with Crippen LogP contribution in [0.25, 0.3) is 0 Å². The zero-order valence-corrected chi connectivity index (χ0v) is 13.3. The molecule has 0 aromatic heterocycles. The fourth-order valence-electron chi connectivity index (χ4n) is 2.85. The third-order valence-electron chi connectivity index (χ3n) is 4.38. The number of nitrogens with zero attached hydrogens (tertiary/aromatic N) is 1. The smallest absolute Gasteiger partial charge is 0.237 e. The Hall–Kier alpha value is -1.88. The van der Waals surface area contributed by atoms with Gasteiger partial charge in [-0.05, 0) is 38.4 Å². The Kier molecular flexibility index (Phi) is 5.95. The summed E-state index contributed by atoms with van der Waals surface area (Å²) in [6.07, 6.45) is 1.63. The molecule has 1 atom stereocenters. The minimum Gasteiger partial charge on any atom is -0.359 e. The van der Waals surface area contributed by atoms with E-state index in [2.05, 4.69) is 15.5 Å². The first-order valence-electron chi connectivity index (χ1n) is 7.89. The molecule has 2 N–H and O–H groups in total. The summed E-state index contributed by atoms with van der Waals surface area (Å²) in [5.74, 6) is 0.240. The van der Waals surface area contributed by atoms with E-state index in [4.69, 9.17) is 0 Å². The van der Waals surface area contributed by atoms with Crippen molar-refractivity contribution in [3.05, 3.63) is 35.9 Å². The molecule has 1 fully saturated rings. The summed E-state index contributed by atoms with van der Waals surface area (Å²) < 4.78 is 0. The van der Waals surface area contributed by atoms with Crippen molar-refractivity contribution in [1.29, 1.82) is 0 Å². The molecule has 1 saturated heterocycles. The number of piperidine rings is 1. The molecule has 1 aliphatic heterocycles. The molecular formula is C17H25N3O2. The maximum absolute atomic E-state index is 12.3. The van der Waals surface area contributed by atoms with Crippen molar-refractivity contribution >= 4 is 11.8 Å². The number of hydrogen-bond donors (Lipinski definition) is 2. The van der Waals surface area contributed by atoms with Gasteiger partial charge in [0.05, 0.1) is 6.04 Å². The summed E-state index contributed by atoms with van der Waals surface area (Å²) in [5.41, 5.74) is 1.10. The quantitative estimate of drug-likeness (QED) is 0.858. The Morgan fingerprint density at radius 1 is 1.23 bits per heavy atom. The standard InChI is InChI=1S/C17H25N3O2/c1-13(16(21)19-12-14-6-4-3-5-7-14)20-10-8-15(9-11-20)17(22)18-2/h3-7,13,15H,8-12H2,1-2H3,(H,18,22)(H,19,21). The second-order valence-corrected chi connectivity index (χ2v) is 5.80. The molecular weight excluding hydrogens is 278 g/mol. The molecule has 2 amide bonds. The Morgan fingerprint density at radius 2 is 1.86 bits per heavy atom. The zero-order valence-electron chi connectivity index (χ0n) is 13.3. The van der Waals surface area contributed by atoms with Crippen LogP contribution in [0.15, 0.2) is 30.3 Å². The van der Waals surface area contributed by atoms with Gasteiger partial charge in [-0.3, -0.25) is 14.5 Å². The lowest BCUT2D eigenvalue weighted by atomic mass is 9.95. The predicted octanol–water partition coefficient (Wildman–Crippen LogP) is 1.15. The van der Waals surface area contributed by atoms with Gasteiger partial charge in [0.2, 0.25) is 11.8 Å². The molecule has 0 saturated carbocycles. The number of hydrogen-bond acceptors (Lipinski definition) is 3. The molecule has 1 aliphatic rings. The van der Waals surface area contributed by atoms with E-state index in [0.29, 0.717) is 6.54 Å². The van der Waals surface area contributed by atoms with Crippen LogP contribution < -0.4 is 10.6 Å². The number of carbonyl (C=O) groups excluding carboxylic acids is 2. The van der Waals surface area contributed by atoms with Crippen LogP contribution in [0.3, 0.4) is 0 Å². The summed E-state index contributed by atoms with van der Waals surface area (Å²) in [6, 6.07) is 9.74. The third kappa shape index (κ3) is 4.31. The van der Waals surface area contributed by atoms with Crippen LogP contribution in [0, 0.1) is 5.92 Å². The first-order chi connectivity index (χ1) is 10.6. The minimum atomic E-state index is -0.158. The minimum absolute atomic E-state index is 0.0437. The Labute approximate surface area is 132 Å². The molecule has 2 rings (SSSR count). The van der Waals surface area contributed by atoms with Gasteiger partial charge >= 0.3 is 0 Å². The summed E-state index contributed by atoms with van der Waals surface area (Å²) >= 11 is 0. The molecule has 1 unspecified atom stereocenters. The number of carbonyl (C=O) groups is 2. The van der Waals surface area contributed by atoms with Gasteiger partial charge < -0.3 is 10.6 Å². The van der Waals surface area contributed by atoms with Crippen LogP contribution in [-0.2, 0) is 16.1 Å². The molecule has 5 nitrogen and oxygen atoms in total. The van der Waals surface area contributed by atoms with E-state index in [-0.39, 0.29) is 23.8 Å². The molecule has 0 aliphatic carbocycles. The van der Waals surface area contributed by atoms with Crippen molar-refractivity contribution in [3.63, 3.8) is 0 Å². The molecule has 0 radical (unpaired) electrons. The van der Waals surface area contributed by atoms with Crippen molar-refractivity contribution in [2.75, 3.05) is 20.1 Å². The SMILES string of the molecule is CNC(=O)C1CCN(C(C)C(=O)NCc2ccccc2)CC1. The van der Waals surface area contributed by atoms with Gasteiger partial charge in [0.15, 0.2) is 0 Å². The van der Waals surface area contributed by atoms with Crippen molar-refractivity contribution in [3.8, 4) is 0 Å². The van der Waals surface area contributed by atoms with Crippen LogP contribution in [0.4, 0.5) is 0 Å². The van der Waals surface area contributed by atoms with E-state index in [1.807, 2.05) is 37.3 Å². The molecule has 5 heteroatoms. The van der Waals surface area contributed by atoms with E-state index in [1.54, 1.807) is 7.05 Å². The van der Waals surface area contributed by atoms with Gasteiger partial charge in [0, 0.05) is 19.5 Å². The topological polar surface area (TPSA) is 61.4 Å². The van der Waals surface area contributed by atoms with Crippen molar-refractivity contribution in [2.24, 2.45) is 5.92 Å². The second kappa shape index (κ2) is 7.94. The van der Waals surface area contributed by atoms with Crippen LogP contribution in [0.2, 0.25) is 0 Å². The van der Waals surface area contributed by atoms with E-state index < -0.39 is 0 Å². The highest BCUT2D eigenvalue weighted by molar-refractivity contribution is 5.81. The summed E-state index contributed by atoms with van der Waals surface area (Å²) in [5, 5.41) is 5.68. The highest BCUT2D eigenvalue weighted by atomic mass is 16.2. The van der Waals surface area contributed by atoms with Crippen molar-refractivity contribution < 1.29 is 9.59 Å². The molecule has 1 aromatic rings. The maximum Gasteiger partial charge on any atom is 0.237 e. The normalized spacial score (nSPS) is 17.7. The summed E-state index contributed by atoms with van der Waals surface area (Å²) in [6.45, 7) is 4.06. The lowest BCUT2D eigenvalue weighted by molar-refractivity contribution is -0.128. The number of benzene rings is 1. The van der Waals surface area contributed by atoms with Crippen molar-refractivity contribution in [2.45, 2.75) is 32.4 Å². The van der Waals surface area contributed by atoms with Gasteiger partial charge in [-0.1, -0.05) is 30.3 Å². The van der Waals surface area contributed by atoms with E-state index >= 15 is 0 Å². The van der Waals surface area contributed by atoms with Gasteiger partial charge in [-0.25, -0.2) is 0 Å². The van der Waals surface area contributed by atoms with Gasteiger partial charge in [0.1, 0.15) is 0 Å². The molecule has 120 valence electrons. The van der Waals surface area contributed by atoms with Crippen LogP contribution in [-0.4, -0.2) is 42.9 Å². The molecule has 1 aromatic carbocycles. The first-order valence-corrected chi connectivity index (χ1v) is 7.89. The average Bonchev–Trinajstić information content (AvgIpc) is 2.59. The molecule has 1 heterocycles. The number of amides is 2. The molecule has 0 bridgehead atoms. The van der Waals surface area contributed by atoms with E-state index in [0.717, 1.165) is 31.5 Å². The number of rotatable bonds is 5. The lowest BCUT2D eigenvalue weighted by Crippen LogP contribution is -2.49. The highest BCUT2D eigenvalue weighted by Gasteiger charge is 2.29. The summed E-state index contributed by atoms with van der Waals surface area (Å²) in [4.78, 5) is 26.0. The maximum atomic E-state index is 12.3. The third-order valence-corrected chi connectivity index (χ3v) is 4.38. The first kappa shape index (κ1) is 16.5. The second-order valence-electron chi connectivity index (χ2n) is 5.80. The van der Waals surface area contributed by atoms with E-state index in [9.17, 15) is 9.59 Å². The summed E-state index contributed by atoms with van der Waals surface area (Å²) in [7, 11) is 1.67. The number of nitrogens with one attached hydrogen (secondary N) is 2. The van der Waals surface area contributed by atoms with Gasteiger partial charge in [-0.2, -0.15) is 0 Å². The molecule has 0 spiro atoms. The Bertz CT molecular complexity index is 496. The van der Waals surface area contributed by atoms with E-state index in [1.165, 1.54) is 0 Å². The monoisotopic (exact) mass is 303 g/mol. The fourth-order valence-corrected chi connectivity index (χ4v) is 2.85. The Balaban J connectivity index is 1.78. The van der Waals surface area contributed by atoms with Crippen LogP contribution in [0.1, 0.15) is 25.3 Å². The van der Waals surface area contributed by atoms with Crippen molar-refractivity contribution in [1.82, 2.24) is 15.5 Å². The van der Waals surface area contributed by atoms with Gasteiger partial charge in [-0.15, -0.1) is 0 Å². The fraction of sp³-hybridized carbons (Fsp3) is 0.529. The van der Waals surface area contributed by atoms with Crippen LogP contribution >= 0.6 is 0 Å². The predicted molar refractivity (Wildman–Crippen MR) is 86.1 cm³/mol. The lowest BCUT2D eigenvalue weighted by Gasteiger charge is -2.34. The average molecular weight is 303 g/mol. The number of likely N-dealkylation sites (tertiary alicyclic amines) is 1. The van der Waals surface area contributed by atoms with Crippen LogP contribution in [0.5, 0.6) is 0 Å². The largest absolute Gasteiger partial charge is 0.359 e. The Morgan fingerprint density at radius 3 is 2.45 bits per heavy atom. The molecule has 22 heavy (non-hydrogen) atoms. The van der Waals surface area contributed by atoms with Gasteiger partial charge in [0.25, 0.3) is 0 Å². The zero-order chi connectivity index (χ0) is 15.9. The highest BCUT2D eigenvalue weighted by Crippen LogP contribution is 2.19.